The maximum absolute atomic E-state index is 4.87. The summed E-state index contributed by atoms with van der Waals surface area (Å²) >= 11 is 0. The molecule has 0 atom stereocenters. The van der Waals surface area contributed by atoms with Crippen molar-refractivity contribution in [3.05, 3.63) is 42.6 Å². The molecule has 0 aliphatic carbocycles. The van der Waals surface area contributed by atoms with E-state index in [-0.39, 0.29) is 0 Å². The van der Waals surface area contributed by atoms with Gasteiger partial charge in [0.25, 0.3) is 0 Å². The summed E-state index contributed by atoms with van der Waals surface area (Å²) in [5.74, 6) is 1.16. The van der Waals surface area contributed by atoms with E-state index < -0.39 is 0 Å². The van der Waals surface area contributed by atoms with Gasteiger partial charge in [-0.05, 0) is 6.92 Å². The topological polar surface area (TPSA) is 38.9 Å². The zero-order valence-electron chi connectivity index (χ0n) is 7.82. The number of nitrogens with zero attached hydrogens (tertiary/aromatic N) is 2. The summed E-state index contributed by atoms with van der Waals surface area (Å²) in [6.45, 7) is 7.31. The van der Waals surface area contributed by atoms with Crippen molar-refractivity contribution in [2.75, 3.05) is 0 Å². The average Bonchev–Trinajstić information content (AvgIpc) is 2.51. The summed E-state index contributed by atoms with van der Waals surface area (Å²) in [6.07, 6.45) is 7.36. The zero-order valence-corrected chi connectivity index (χ0v) is 7.82. The Bertz CT molecular complexity index is 348. The number of allylic oxidation sites excluding steroid dienone is 5. The van der Waals surface area contributed by atoms with E-state index >= 15 is 0 Å². The molecule has 3 heteroatoms. The lowest BCUT2D eigenvalue weighted by Gasteiger charge is -1.90. The average molecular weight is 176 g/mol. The van der Waals surface area contributed by atoms with Crippen molar-refractivity contribution in [2.24, 2.45) is 0 Å². The van der Waals surface area contributed by atoms with Gasteiger partial charge in [-0.15, -0.1) is 0 Å². The van der Waals surface area contributed by atoms with Gasteiger partial charge in [0.1, 0.15) is 0 Å². The molecule has 0 saturated carbocycles. The Morgan fingerprint density at radius 1 is 1.54 bits per heavy atom. The number of hydrogen-bond acceptors (Lipinski definition) is 3. The number of rotatable bonds is 3. The van der Waals surface area contributed by atoms with Gasteiger partial charge in [0, 0.05) is 12.5 Å². The van der Waals surface area contributed by atoms with Crippen LogP contribution >= 0.6 is 0 Å². The molecule has 0 spiro atoms. The van der Waals surface area contributed by atoms with E-state index in [1.165, 1.54) is 0 Å². The fourth-order valence-corrected chi connectivity index (χ4v) is 0.928. The predicted octanol–water partition coefficient (Wildman–Crippen LogP) is 2.52. The van der Waals surface area contributed by atoms with Gasteiger partial charge in [0.2, 0.25) is 11.7 Å². The molecule has 0 saturated heterocycles. The maximum atomic E-state index is 4.87. The van der Waals surface area contributed by atoms with Crippen LogP contribution < -0.4 is 0 Å². The molecule has 0 aliphatic heterocycles. The molecule has 0 amide bonds. The first-order valence-electron chi connectivity index (χ1n) is 4.04. The van der Waals surface area contributed by atoms with Crippen molar-refractivity contribution < 1.29 is 4.52 Å². The van der Waals surface area contributed by atoms with Crippen LogP contribution in [0.1, 0.15) is 18.6 Å². The minimum atomic E-state index is 0.564. The van der Waals surface area contributed by atoms with E-state index in [2.05, 4.69) is 16.7 Å². The molecule has 0 aromatic carbocycles. The van der Waals surface area contributed by atoms with E-state index in [0.29, 0.717) is 11.7 Å². The smallest absolute Gasteiger partial charge is 0.223 e. The molecule has 1 aromatic heterocycles. The predicted molar refractivity (Wildman–Crippen MR) is 52.0 cm³/mol. The minimum absolute atomic E-state index is 0.564. The maximum Gasteiger partial charge on any atom is 0.223 e. The molecule has 68 valence electrons. The van der Waals surface area contributed by atoms with Crippen LogP contribution in [0.15, 0.2) is 35.4 Å². The highest BCUT2D eigenvalue weighted by Gasteiger charge is 2.04. The minimum Gasteiger partial charge on any atom is -0.339 e. The lowest BCUT2D eigenvalue weighted by atomic mass is 10.2. The molecule has 0 unspecified atom stereocenters. The van der Waals surface area contributed by atoms with Crippen molar-refractivity contribution in [3.8, 4) is 0 Å². The Kier molecular flexibility index (Phi) is 3.20. The largest absolute Gasteiger partial charge is 0.339 e. The molecule has 0 radical (unpaired) electrons. The summed E-state index contributed by atoms with van der Waals surface area (Å²) in [5.41, 5.74) is 0.898. The molecule has 1 heterocycles. The van der Waals surface area contributed by atoms with Crippen molar-refractivity contribution >= 4 is 5.57 Å². The molecular formula is C10H12N2O. The summed E-state index contributed by atoms with van der Waals surface area (Å²) in [5, 5.41) is 3.80. The van der Waals surface area contributed by atoms with Gasteiger partial charge in [-0.2, -0.15) is 4.98 Å². The Morgan fingerprint density at radius 3 is 2.77 bits per heavy atom. The third kappa shape index (κ3) is 2.40. The Morgan fingerprint density at radius 2 is 2.31 bits per heavy atom. The van der Waals surface area contributed by atoms with Gasteiger partial charge in [0.15, 0.2) is 0 Å². The van der Waals surface area contributed by atoms with Crippen LogP contribution in [0.3, 0.4) is 0 Å². The van der Waals surface area contributed by atoms with E-state index in [1.54, 1.807) is 13.0 Å². The summed E-state index contributed by atoms with van der Waals surface area (Å²) in [7, 11) is 0. The molecule has 0 fully saturated rings. The van der Waals surface area contributed by atoms with Crippen LogP contribution in [-0.4, -0.2) is 10.1 Å². The molecule has 1 rings (SSSR count). The SMILES string of the molecule is C=C/C=C(\C=C/C)c1noc(C)n1. The van der Waals surface area contributed by atoms with Gasteiger partial charge in [-0.3, -0.25) is 0 Å². The lowest BCUT2D eigenvalue weighted by molar-refractivity contribution is 0.391. The van der Waals surface area contributed by atoms with Crippen LogP contribution in [0.4, 0.5) is 0 Å². The molecular weight excluding hydrogens is 164 g/mol. The number of aryl methyl sites for hydroxylation is 1. The highest BCUT2D eigenvalue weighted by atomic mass is 16.5. The van der Waals surface area contributed by atoms with E-state index in [4.69, 9.17) is 4.52 Å². The Balaban J connectivity index is 3.01. The molecule has 13 heavy (non-hydrogen) atoms. The number of hydrogen-bond donors (Lipinski definition) is 0. The number of aromatic nitrogens is 2. The fourth-order valence-electron chi connectivity index (χ4n) is 0.928. The van der Waals surface area contributed by atoms with Gasteiger partial charge in [0.05, 0.1) is 0 Å². The van der Waals surface area contributed by atoms with Crippen molar-refractivity contribution in [3.63, 3.8) is 0 Å². The van der Waals surface area contributed by atoms with Crippen molar-refractivity contribution in [1.29, 1.82) is 0 Å². The normalized spacial score (nSPS) is 12.3. The van der Waals surface area contributed by atoms with Gasteiger partial charge >= 0.3 is 0 Å². The Labute approximate surface area is 77.5 Å². The first-order valence-corrected chi connectivity index (χ1v) is 4.04. The first-order chi connectivity index (χ1) is 6.27. The molecule has 0 aliphatic rings. The summed E-state index contributed by atoms with van der Waals surface area (Å²) < 4.78 is 4.87. The second-order valence-electron chi connectivity index (χ2n) is 2.49. The highest BCUT2D eigenvalue weighted by molar-refractivity contribution is 5.70. The van der Waals surface area contributed by atoms with Crippen molar-refractivity contribution in [1.82, 2.24) is 10.1 Å². The van der Waals surface area contributed by atoms with Crippen molar-refractivity contribution in [2.45, 2.75) is 13.8 Å². The van der Waals surface area contributed by atoms with Crippen LogP contribution in [0, 0.1) is 6.92 Å². The van der Waals surface area contributed by atoms with E-state index in [0.717, 1.165) is 5.57 Å². The molecule has 0 bridgehead atoms. The van der Waals surface area contributed by atoms with Crippen LogP contribution in [0.25, 0.3) is 5.57 Å². The third-order valence-electron chi connectivity index (χ3n) is 1.43. The van der Waals surface area contributed by atoms with E-state index in [9.17, 15) is 0 Å². The molecule has 3 nitrogen and oxygen atoms in total. The third-order valence-corrected chi connectivity index (χ3v) is 1.43. The second-order valence-corrected chi connectivity index (χ2v) is 2.49. The molecule has 1 aromatic rings. The first kappa shape index (κ1) is 9.45. The van der Waals surface area contributed by atoms with Gasteiger partial charge in [-0.25, -0.2) is 0 Å². The second kappa shape index (κ2) is 4.40. The fraction of sp³-hybridized carbons (Fsp3) is 0.200. The highest BCUT2D eigenvalue weighted by Crippen LogP contribution is 2.11. The van der Waals surface area contributed by atoms with Crippen LogP contribution in [-0.2, 0) is 0 Å². The quantitative estimate of drug-likeness (QED) is 0.664. The molecule has 0 N–H and O–H groups in total. The van der Waals surface area contributed by atoms with Crippen LogP contribution in [0.2, 0.25) is 0 Å². The monoisotopic (exact) mass is 176 g/mol. The van der Waals surface area contributed by atoms with E-state index in [1.807, 2.05) is 25.2 Å². The standard InChI is InChI=1S/C10H12N2O/c1-4-6-9(7-5-2)10-11-8(3)13-12-10/h4-7H,1H2,2-3H3/b7-5-,9-6+. The Hall–Kier alpha value is -1.64. The summed E-state index contributed by atoms with van der Waals surface area (Å²) in [4.78, 5) is 4.10. The summed E-state index contributed by atoms with van der Waals surface area (Å²) in [6, 6.07) is 0. The van der Waals surface area contributed by atoms with Gasteiger partial charge < -0.3 is 4.52 Å². The van der Waals surface area contributed by atoms with Crippen LogP contribution in [0.5, 0.6) is 0 Å². The zero-order chi connectivity index (χ0) is 9.68. The lowest BCUT2D eigenvalue weighted by Crippen LogP contribution is -1.83. The van der Waals surface area contributed by atoms with Gasteiger partial charge in [-0.1, -0.05) is 36.0 Å².